The highest BCUT2D eigenvalue weighted by molar-refractivity contribution is 5.52. The van der Waals surface area contributed by atoms with Crippen molar-refractivity contribution < 1.29 is 4.74 Å². The molecule has 1 aromatic heterocycles. The van der Waals surface area contributed by atoms with Crippen molar-refractivity contribution >= 4 is 5.69 Å². The number of rotatable bonds is 6. The second-order valence-corrected chi connectivity index (χ2v) is 4.48. The summed E-state index contributed by atoms with van der Waals surface area (Å²) in [6, 6.07) is 14.4. The smallest absolute Gasteiger partial charge is 0.237 e. The van der Waals surface area contributed by atoms with Gasteiger partial charge in [0.25, 0.3) is 0 Å². The fourth-order valence-electron chi connectivity index (χ4n) is 1.94. The van der Waals surface area contributed by atoms with Gasteiger partial charge in [-0.25, -0.2) is 4.98 Å². The number of pyridine rings is 1. The highest BCUT2D eigenvalue weighted by Gasteiger charge is 2.07. The predicted octanol–water partition coefficient (Wildman–Crippen LogP) is 3.70. The van der Waals surface area contributed by atoms with Crippen molar-refractivity contribution in [3.05, 3.63) is 54.2 Å². The van der Waals surface area contributed by atoms with E-state index in [1.807, 2.05) is 25.1 Å². The van der Waals surface area contributed by atoms with Gasteiger partial charge in [-0.15, -0.1) is 0 Å². The summed E-state index contributed by atoms with van der Waals surface area (Å²) in [5.41, 5.74) is 2.28. The summed E-state index contributed by atoms with van der Waals surface area (Å²) in [6.07, 6.45) is 1.75. The van der Waals surface area contributed by atoms with Crippen LogP contribution in [0.3, 0.4) is 0 Å². The van der Waals surface area contributed by atoms with E-state index >= 15 is 0 Å². The van der Waals surface area contributed by atoms with Crippen LogP contribution >= 0.6 is 0 Å². The summed E-state index contributed by atoms with van der Waals surface area (Å²) in [5.74, 6) is 1.11. The largest absolute Gasteiger partial charge is 0.476 e. The maximum atomic E-state index is 5.50. The van der Waals surface area contributed by atoms with Gasteiger partial charge in [0.1, 0.15) is 0 Å². The van der Waals surface area contributed by atoms with Crippen molar-refractivity contribution in [2.75, 3.05) is 18.5 Å². The summed E-state index contributed by atoms with van der Waals surface area (Å²) in [6.45, 7) is 5.65. The minimum atomic E-state index is 0.441. The minimum absolute atomic E-state index is 0.441. The SMILES string of the molecule is CCOc1ncccc1NCC(C)c1ccccc1. The molecule has 100 valence electrons. The summed E-state index contributed by atoms with van der Waals surface area (Å²) in [5, 5.41) is 3.41. The minimum Gasteiger partial charge on any atom is -0.476 e. The summed E-state index contributed by atoms with van der Waals surface area (Å²) < 4.78 is 5.50. The topological polar surface area (TPSA) is 34.1 Å². The number of hydrogen-bond acceptors (Lipinski definition) is 3. The molecule has 0 aliphatic carbocycles. The number of anilines is 1. The lowest BCUT2D eigenvalue weighted by atomic mass is 10.0. The quantitative estimate of drug-likeness (QED) is 0.855. The molecule has 0 aliphatic heterocycles. The van der Waals surface area contributed by atoms with E-state index in [0.29, 0.717) is 18.4 Å². The third-order valence-electron chi connectivity index (χ3n) is 3.02. The number of benzene rings is 1. The highest BCUT2D eigenvalue weighted by Crippen LogP contribution is 2.22. The van der Waals surface area contributed by atoms with E-state index in [2.05, 4.69) is 41.5 Å². The molecule has 0 saturated heterocycles. The molecule has 0 amide bonds. The van der Waals surface area contributed by atoms with Crippen molar-refractivity contribution in [2.24, 2.45) is 0 Å². The third kappa shape index (κ3) is 3.71. The Kier molecular flexibility index (Phi) is 4.78. The maximum Gasteiger partial charge on any atom is 0.237 e. The molecule has 1 unspecified atom stereocenters. The zero-order chi connectivity index (χ0) is 13.5. The van der Waals surface area contributed by atoms with Crippen LogP contribution in [0.2, 0.25) is 0 Å². The van der Waals surface area contributed by atoms with Crippen molar-refractivity contribution in [2.45, 2.75) is 19.8 Å². The lowest BCUT2D eigenvalue weighted by molar-refractivity contribution is 0.328. The van der Waals surface area contributed by atoms with E-state index in [1.165, 1.54) is 5.56 Å². The molecule has 2 aromatic rings. The summed E-state index contributed by atoms with van der Waals surface area (Å²) >= 11 is 0. The number of ether oxygens (including phenoxy) is 1. The Morgan fingerprint density at radius 1 is 1.16 bits per heavy atom. The van der Waals surface area contributed by atoms with E-state index in [-0.39, 0.29) is 0 Å². The molecule has 0 spiro atoms. The van der Waals surface area contributed by atoms with Gasteiger partial charge in [0.05, 0.1) is 12.3 Å². The number of aromatic nitrogens is 1. The first kappa shape index (κ1) is 13.4. The molecule has 0 aliphatic rings. The first-order valence-corrected chi connectivity index (χ1v) is 6.68. The van der Waals surface area contributed by atoms with Crippen LogP contribution in [0.15, 0.2) is 48.7 Å². The lowest BCUT2D eigenvalue weighted by Gasteiger charge is -2.15. The second-order valence-electron chi connectivity index (χ2n) is 4.48. The molecule has 0 fully saturated rings. The normalized spacial score (nSPS) is 11.9. The van der Waals surface area contributed by atoms with Crippen molar-refractivity contribution in [3.8, 4) is 5.88 Å². The standard InChI is InChI=1S/C16H20N2O/c1-3-19-16-15(10-7-11-17-16)18-12-13(2)14-8-5-4-6-9-14/h4-11,13,18H,3,12H2,1-2H3. The molecule has 2 rings (SSSR count). The Bertz CT molecular complexity index is 499. The second kappa shape index (κ2) is 6.78. The fourth-order valence-corrected chi connectivity index (χ4v) is 1.94. The Morgan fingerprint density at radius 3 is 2.68 bits per heavy atom. The predicted molar refractivity (Wildman–Crippen MR) is 78.8 cm³/mol. The number of nitrogens with zero attached hydrogens (tertiary/aromatic N) is 1. The van der Waals surface area contributed by atoms with Gasteiger partial charge in [0, 0.05) is 12.7 Å². The van der Waals surface area contributed by atoms with Crippen LogP contribution in [-0.2, 0) is 0 Å². The van der Waals surface area contributed by atoms with Crippen LogP contribution in [0.1, 0.15) is 25.3 Å². The van der Waals surface area contributed by atoms with Gasteiger partial charge in [0.15, 0.2) is 0 Å². The average molecular weight is 256 g/mol. The molecule has 0 radical (unpaired) electrons. The molecular formula is C16H20N2O. The van der Waals surface area contributed by atoms with Crippen molar-refractivity contribution in [1.82, 2.24) is 4.98 Å². The molecule has 0 saturated carbocycles. The molecule has 19 heavy (non-hydrogen) atoms. The van der Waals surface area contributed by atoms with Gasteiger partial charge in [-0.1, -0.05) is 37.3 Å². The molecule has 1 aromatic carbocycles. The van der Waals surface area contributed by atoms with Gasteiger partial charge < -0.3 is 10.1 Å². The monoisotopic (exact) mass is 256 g/mol. The van der Waals surface area contributed by atoms with Crippen molar-refractivity contribution in [3.63, 3.8) is 0 Å². The molecule has 1 atom stereocenters. The van der Waals surface area contributed by atoms with Crippen LogP contribution in [-0.4, -0.2) is 18.1 Å². The van der Waals surface area contributed by atoms with Gasteiger partial charge in [-0.05, 0) is 30.5 Å². The maximum absolute atomic E-state index is 5.50. The highest BCUT2D eigenvalue weighted by atomic mass is 16.5. The number of hydrogen-bond donors (Lipinski definition) is 1. The van der Waals surface area contributed by atoms with E-state index in [1.54, 1.807) is 6.20 Å². The fraction of sp³-hybridized carbons (Fsp3) is 0.312. The average Bonchev–Trinajstić information content (AvgIpc) is 2.47. The molecule has 3 nitrogen and oxygen atoms in total. The molecule has 1 N–H and O–H groups in total. The Labute approximate surface area is 114 Å². The molecular weight excluding hydrogens is 236 g/mol. The van der Waals surface area contributed by atoms with Crippen molar-refractivity contribution in [1.29, 1.82) is 0 Å². The summed E-state index contributed by atoms with van der Waals surface area (Å²) in [4.78, 5) is 4.23. The van der Waals surface area contributed by atoms with E-state index in [4.69, 9.17) is 4.74 Å². The van der Waals surface area contributed by atoms with E-state index < -0.39 is 0 Å². The van der Waals surface area contributed by atoms with Crippen LogP contribution in [0, 0.1) is 0 Å². The van der Waals surface area contributed by atoms with E-state index in [0.717, 1.165) is 12.2 Å². The van der Waals surface area contributed by atoms with Gasteiger partial charge in [-0.2, -0.15) is 0 Å². The van der Waals surface area contributed by atoms with Gasteiger partial charge in [0.2, 0.25) is 5.88 Å². The molecule has 0 bridgehead atoms. The molecule has 1 heterocycles. The van der Waals surface area contributed by atoms with Crippen LogP contribution in [0.5, 0.6) is 5.88 Å². The lowest BCUT2D eigenvalue weighted by Crippen LogP contribution is -2.11. The third-order valence-corrected chi connectivity index (χ3v) is 3.02. The van der Waals surface area contributed by atoms with Gasteiger partial charge >= 0.3 is 0 Å². The zero-order valence-electron chi connectivity index (χ0n) is 11.5. The number of nitrogens with one attached hydrogen (secondary N) is 1. The van der Waals surface area contributed by atoms with Crippen LogP contribution in [0.4, 0.5) is 5.69 Å². The van der Waals surface area contributed by atoms with E-state index in [9.17, 15) is 0 Å². The zero-order valence-corrected chi connectivity index (χ0v) is 11.5. The first-order chi connectivity index (χ1) is 9.31. The Balaban J connectivity index is 1.99. The summed E-state index contributed by atoms with van der Waals surface area (Å²) in [7, 11) is 0. The Hall–Kier alpha value is -2.03. The Morgan fingerprint density at radius 2 is 1.95 bits per heavy atom. The first-order valence-electron chi connectivity index (χ1n) is 6.68. The van der Waals surface area contributed by atoms with Crippen LogP contribution in [0.25, 0.3) is 0 Å². The van der Waals surface area contributed by atoms with Crippen LogP contribution < -0.4 is 10.1 Å². The molecule has 3 heteroatoms. The van der Waals surface area contributed by atoms with Gasteiger partial charge in [-0.3, -0.25) is 0 Å².